The lowest BCUT2D eigenvalue weighted by Gasteiger charge is -2.02. The monoisotopic (exact) mass is 262 g/mol. The van der Waals surface area contributed by atoms with Gasteiger partial charge in [0, 0.05) is 0 Å². The molecule has 0 saturated heterocycles. The molecule has 4 nitrogen and oxygen atoms in total. The van der Waals surface area contributed by atoms with Gasteiger partial charge in [0.05, 0.1) is 17.3 Å². The molecule has 0 aliphatic heterocycles. The third kappa shape index (κ3) is 1.48. The van der Waals surface area contributed by atoms with Crippen LogP contribution in [0, 0.1) is 0 Å². The maximum atomic E-state index is 12.4. The van der Waals surface area contributed by atoms with Crippen molar-refractivity contribution < 1.29 is 4.42 Å². The summed E-state index contributed by atoms with van der Waals surface area (Å²) in [5.41, 5.74) is 1.85. The summed E-state index contributed by atoms with van der Waals surface area (Å²) in [5.74, 6) is 0. The molecule has 0 unspecified atom stereocenters. The smallest absolute Gasteiger partial charge is 0.233 e. The van der Waals surface area contributed by atoms with E-state index in [0.717, 1.165) is 5.69 Å². The number of fused-ring (bicyclic) bond motifs is 2. The number of hydrogen-bond acceptors (Lipinski definition) is 3. The molecule has 96 valence electrons. The summed E-state index contributed by atoms with van der Waals surface area (Å²) in [6, 6.07) is 16.8. The fraction of sp³-hybridized carbons (Fsp3) is 0. The molecule has 0 radical (unpaired) electrons. The highest BCUT2D eigenvalue weighted by atomic mass is 16.3. The number of benzene rings is 2. The Kier molecular flexibility index (Phi) is 2.23. The minimum absolute atomic E-state index is 0.0518. The molecular weight excluding hydrogens is 252 g/mol. The standard InChI is InChI=1S/C16H10N2O2/c19-15-12-8-4-5-9-14(12)20-16-13(15)10-17-18(16)11-6-2-1-3-7-11/h1-10H. The van der Waals surface area contributed by atoms with Gasteiger partial charge in [0.15, 0.2) is 0 Å². The SMILES string of the molecule is O=c1c2ccccc2oc2c1cnn2-c1ccccc1. The van der Waals surface area contributed by atoms with Crippen molar-refractivity contribution in [1.82, 2.24) is 9.78 Å². The van der Waals surface area contributed by atoms with Gasteiger partial charge in [0.2, 0.25) is 11.1 Å². The first kappa shape index (κ1) is 11.0. The lowest BCUT2D eigenvalue weighted by Crippen LogP contribution is -2.02. The van der Waals surface area contributed by atoms with Crippen molar-refractivity contribution >= 4 is 22.1 Å². The average molecular weight is 262 g/mol. The molecule has 0 aliphatic rings. The van der Waals surface area contributed by atoms with E-state index in [4.69, 9.17) is 4.42 Å². The third-order valence-corrected chi connectivity index (χ3v) is 3.31. The summed E-state index contributed by atoms with van der Waals surface area (Å²) < 4.78 is 7.50. The first-order valence-corrected chi connectivity index (χ1v) is 6.29. The van der Waals surface area contributed by atoms with E-state index in [1.54, 1.807) is 23.0 Å². The van der Waals surface area contributed by atoms with E-state index >= 15 is 0 Å². The summed E-state index contributed by atoms with van der Waals surface area (Å²) in [4.78, 5) is 12.4. The Bertz CT molecular complexity index is 968. The van der Waals surface area contributed by atoms with Crippen LogP contribution in [0.1, 0.15) is 0 Å². The van der Waals surface area contributed by atoms with Crippen molar-refractivity contribution in [2.24, 2.45) is 0 Å². The van der Waals surface area contributed by atoms with E-state index in [0.29, 0.717) is 22.1 Å². The summed E-state index contributed by atoms with van der Waals surface area (Å²) >= 11 is 0. The number of aromatic nitrogens is 2. The van der Waals surface area contributed by atoms with Crippen LogP contribution >= 0.6 is 0 Å². The Morgan fingerprint density at radius 1 is 0.900 bits per heavy atom. The number of rotatable bonds is 1. The van der Waals surface area contributed by atoms with Crippen LogP contribution in [0.15, 0.2) is 70.0 Å². The predicted molar refractivity (Wildman–Crippen MR) is 77.1 cm³/mol. The number of nitrogens with zero attached hydrogens (tertiary/aromatic N) is 2. The van der Waals surface area contributed by atoms with E-state index in [2.05, 4.69) is 5.10 Å². The van der Waals surface area contributed by atoms with Crippen molar-refractivity contribution in [2.75, 3.05) is 0 Å². The maximum Gasteiger partial charge on any atom is 0.233 e. The molecule has 4 rings (SSSR count). The largest absolute Gasteiger partial charge is 0.437 e. The summed E-state index contributed by atoms with van der Waals surface area (Å²) in [6.45, 7) is 0. The van der Waals surface area contributed by atoms with Crippen molar-refractivity contribution in [3.8, 4) is 5.69 Å². The van der Waals surface area contributed by atoms with Crippen LogP contribution in [0.5, 0.6) is 0 Å². The molecule has 0 N–H and O–H groups in total. The molecule has 4 aromatic rings. The van der Waals surface area contributed by atoms with E-state index in [1.165, 1.54) is 0 Å². The van der Waals surface area contributed by atoms with E-state index < -0.39 is 0 Å². The Morgan fingerprint density at radius 3 is 2.50 bits per heavy atom. The minimum atomic E-state index is -0.0518. The molecule has 0 aliphatic carbocycles. The molecule has 0 fully saturated rings. The molecule has 2 aromatic heterocycles. The van der Waals surface area contributed by atoms with E-state index in [9.17, 15) is 4.79 Å². The minimum Gasteiger partial charge on any atom is -0.437 e. The van der Waals surface area contributed by atoms with Gasteiger partial charge >= 0.3 is 0 Å². The molecule has 0 amide bonds. The van der Waals surface area contributed by atoms with Crippen LogP contribution in [0.2, 0.25) is 0 Å². The summed E-state index contributed by atoms with van der Waals surface area (Å²) in [6.07, 6.45) is 1.56. The van der Waals surface area contributed by atoms with Crippen LogP contribution in [-0.4, -0.2) is 9.78 Å². The molecule has 2 heterocycles. The second-order valence-electron chi connectivity index (χ2n) is 4.54. The molecule has 2 aromatic carbocycles. The fourth-order valence-electron chi connectivity index (χ4n) is 2.34. The van der Waals surface area contributed by atoms with Crippen LogP contribution in [-0.2, 0) is 0 Å². The molecule has 0 atom stereocenters. The summed E-state index contributed by atoms with van der Waals surface area (Å²) in [5, 5.41) is 5.34. The van der Waals surface area contributed by atoms with Crippen LogP contribution in [0.25, 0.3) is 27.8 Å². The second kappa shape index (κ2) is 4.06. The maximum absolute atomic E-state index is 12.4. The van der Waals surface area contributed by atoms with Gasteiger partial charge in [-0.2, -0.15) is 5.10 Å². The first-order valence-electron chi connectivity index (χ1n) is 6.29. The highest BCUT2D eigenvalue weighted by Gasteiger charge is 2.13. The molecule has 0 saturated carbocycles. The van der Waals surface area contributed by atoms with Gasteiger partial charge in [-0.05, 0) is 24.3 Å². The van der Waals surface area contributed by atoms with Gasteiger partial charge in [-0.15, -0.1) is 0 Å². The first-order chi connectivity index (χ1) is 9.84. The highest BCUT2D eigenvalue weighted by molar-refractivity contribution is 5.88. The van der Waals surface area contributed by atoms with Gasteiger partial charge in [-0.1, -0.05) is 30.3 Å². The normalized spacial score (nSPS) is 11.2. The second-order valence-corrected chi connectivity index (χ2v) is 4.54. The molecule has 0 spiro atoms. The summed E-state index contributed by atoms with van der Waals surface area (Å²) in [7, 11) is 0. The Hall–Kier alpha value is -2.88. The molecule has 0 bridgehead atoms. The van der Waals surface area contributed by atoms with Gasteiger partial charge in [0.1, 0.15) is 11.0 Å². The van der Waals surface area contributed by atoms with Crippen molar-refractivity contribution in [2.45, 2.75) is 0 Å². The van der Waals surface area contributed by atoms with Crippen molar-refractivity contribution in [3.63, 3.8) is 0 Å². The van der Waals surface area contributed by atoms with Gasteiger partial charge in [0.25, 0.3) is 0 Å². The van der Waals surface area contributed by atoms with Crippen LogP contribution in [0.4, 0.5) is 0 Å². The average Bonchev–Trinajstić information content (AvgIpc) is 2.92. The van der Waals surface area contributed by atoms with Crippen LogP contribution < -0.4 is 5.43 Å². The molecule has 20 heavy (non-hydrogen) atoms. The Morgan fingerprint density at radius 2 is 1.65 bits per heavy atom. The zero-order valence-corrected chi connectivity index (χ0v) is 10.5. The Labute approximate surface area is 113 Å². The third-order valence-electron chi connectivity index (χ3n) is 3.31. The topological polar surface area (TPSA) is 48.0 Å². The van der Waals surface area contributed by atoms with Gasteiger partial charge in [-0.3, -0.25) is 4.79 Å². The van der Waals surface area contributed by atoms with Gasteiger partial charge < -0.3 is 4.42 Å². The van der Waals surface area contributed by atoms with Gasteiger partial charge in [-0.25, -0.2) is 4.68 Å². The quantitative estimate of drug-likeness (QED) is 0.529. The van der Waals surface area contributed by atoms with E-state index in [1.807, 2.05) is 42.5 Å². The zero-order valence-electron chi connectivity index (χ0n) is 10.5. The predicted octanol–water partition coefficient (Wildman–Crippen LogP) is 3.13. The molecule has 4 heteroatoms. The molecular formula is C16H10N2O2. The Balaban J connectivity index is 2.14. The lowest BCUT2D eigenvalue weighted by molar-refractivity contribution is 0.622. The van der Waals surface area contributed by atoms with Crippen LogP contribution in [0.3, 0.4) is 0 Å². The van der Waals surface area contributed by atoms with E-state index in [-0.39, 0.29) is 5.43 Å². The fourth-order valence-corrected chi connectivity index (χ4v) is 2.34. The zero-order chi connectivity index (χ0) is 13.5. The van der Waals surface area contributed by atoms with Crippen molar-refractivity contribution in [1.29, 1.82) is 0 Å². The lowest BCUT2D eigenvalue weighted by atomic mass is 10.2. The number of para-hydroxylation sites is 2. The highest BCUT2D eigenvalue weighted by Crippen LogP contribution is 2.20. The number of hydrogen-bond donors (Lipinski definition) is 0. The van der Waals surface area contributed by atoms with Crippen molar-refractivity contribution in [3.05, 3.63) is 71.0 Å².